The lowest BCUT2D eigenvalue weighted by atomic mass is 10.00. The second-order valence-corrected chi connectivity index (χ2v) is 7.03. The molecule has 4 rings (SSSR count). The second-order valence-electron chi connectivity index (χ2n) is 6.59. The molecule has 0 radical (unpaired) electrons. The van der Waals surface area contributed by atoms with Gasteiger partial charge in [0.05, 0.1) is 22.9 Å². The van der Waals surface area contributed by atoms with Gasteiger partial charge in [-0.2, -0.15) is 0 Å². The Morgan fingerprint density at radius 3 is 2.64 bits per heavy atom. The Bertz CT molecular complexity index is 871. The molecule has 0 spiro atoms. The van der Waals surface area contributed by atoms with Crippen molar-refractivity contribution in [3.63, 3.8) is 0 Å². The van der Waals surface area contributed by atoms with E-state index in [-0.39, 0.29) is 30.1 Å². The molecule has 1 aromatic heterocycles. The van der Waals surface area contributed by atoms with E-state index in [0.717, 1.165) is 11.3 Å². The second kappa shape index (κ2) is 5.84. The fraction of sp³-hybridized carbons (Fsp3) is 0.412. The summed E-state index contributed by atoms with van der Waals surface area (Å²) in [5, 5.41) is 10.1. The van der Waals surface area contributed by atoms with E-state index in [0.29, 0.717) is 34.7 Å². The van der Waals surface area contributed by atoms with E-state index in [1.54, 1.807) is 18.2 Å². The number of hydrogen-bond donors (Lipinski definition) is 2. The van der Waals surface area contributed by atoms with Crippen molar-refractivity contribution in [3.8, 4) is 0 Å². The van der Waals surface area contributed by atoms with Gasteiger partial charge in [-0.3, -0.25) is 14.5 Å². The third kappa shape index (κ3) is 2.59. The van der Waals surface area contributed by atoms with Crippen LogP contribution in [-0.4, -0.2) is 43.8 Å². The maximum Gasteiger partial charge on any atom is 0.327 e. The molecule has 1 aliphatic carbocycles. The molecule has 2 aromatic rings. The number of carboxylic acids is 1. The number of carbonyl (C=O) groups is 3. The van der Waals surface area contributed by atoms with Crippen molar-refractivity contribution in [1.82, 2.24) is 14.9 Å². The fourth-order valence-corrected chi connectivity index (χ4v) is 4.10. The van der Waals surface area contributed by atoms with E-state index < -0.39 is 12.0 Å². The summed E-state index contributed by atoms with van der Waals surface area (Å²) in [6.07, 6.45) is 2.09. The number of amides is 2. The Morgan fingerprint density at radius 1 is 1.32 bits per heavy atom. The summed E-state index contributed by atoms with van der Waals surface area (Å²) >= 11 is 5.94. The van der Waals surface area contributed by atoms with Gasteiger partial charge in [-0.05, 0) is 31.0 Å². The number of imide groups is 1. The monoisotopic (exact) mass is 361 g/mol. The van der Waals surface area contributed by atoms with Crippen LogP contribution in [-0.2, 0) is 20.8 Å². The highest BCUT2D eigenvalue weighted by atomic mass is 35.5. The molecule has 3 atom stereocenters. The van der Waals surface area contributed by atoms with Crippen LogP contribution in [0, 0.1) is 11.8 Å². The number of nitrogens with one attached hydrogen (secondary N) is 1. The predicted molar refractivity (Wildman–Crippen MR) is 88.9 cm³/mol. The van der Waals surface area contributed by atoms with Crippen LogP contribution in [0.4, 0.5) is 0 Å². The minimum absolute atomic E-state index is 0.0570. The van der Waals surface area contributed by atoms with Crippen LogP contribution in [0.1, 0.15) is 25.1 Å². The quantitative estimate of drug-likeness (QED) is 0.810. The van der Waals surface area contributed by atoms with Crippen LogP contribution >= 0.6 is 11.6 Å². The predicted octanol–water partition coefficient (Wildman–Crippen LogP) is 2.00. The summed E-state index contributed by atoms with van der Waals surface area (Å²) in [7, 11) is 0. The molecule has 2 N–H and O–H groups in total. The van der Waals surface area contributed by atoms with Crippen LogP contribution in [0.25, 0.3) is 11.0 Å². The highest BCUT2D eigenvalue weighted by Crippen LogP contribution is 2.40. The van der Waals surface area contributed by atoms with E-state index >= 15 is 0 Å². The van der Waals surface area contributed by atoms with Gasteiger partial charge >= 0.3 is 5.97 Å². The summed E-state index contributed by atoms with van der Waals surface area (Å²) in [6.45, 7) is 0. The van der Waals surface area contributed by atoms with Crippen molar-refractivity contribution in [1.29, 1.82) is 0 Å². The first kappa shape index (κ1) is 16.1. The Balaban J connectivity index is 1.64. The van der Waals surface area contributed by atoms with Gasteiger partial charge in [-0.15, -0.1) is 0 Å². The molecule has 2 aliphatic rings. The number of aliphatic carboxylic acids is 1. The van der Waals surface area contributed by atoms with Gasteiger partial charge in [0, 0.05) is 11.4 Å². The Kier molecular flexibility index (Phi) is 3.76. The molecule has 1 aliphatic heterocycles. The van der Waals surface area contributed by atoms with Crippen molar-refractivity contribution in [3.05, 3.63) is 29.0 Å². The van der Waals surface area contributed by atoms with Crippen molar-refractivity contribution in [2.75, 3.05) is 0 Å². The number of likely N-dealkylation sites (tertiary alicyclic amines) is 1. The molecule has 2 heterocycles. The number of benzene rings is 1. The number of H-pyrrole nitrogens is 1. The lowest BCUT2D eigenvalue weighted by molar-refractivity contribution is -0.155. The summed E-state index contributed by atoms with van der Waals surface area (Å²) in [6, 6.07) is 3.86. The highest BCUT2D eigenvalue weighted by Gasteiger charge is 2.53. The van der Waals surface area contributed by atoms with Crippen molar-refractivity contribution in [2.45, 2.75) is 31.7 Å². The number of fused-ring (bicyclic) bond motifs is 2. The van der Waals surface area contributed by atoms with Gasteiger partial charge in [0.25, 0.3) is 0 Å². The van der Waals surface area contributed by atoms with Crippen LogP contribution < -0.4 is 0 Å². The first-order chi connectivity index (χ1) is 12.0. The molecule has 8 heteroatoms. The van der Waals surface area contributed by atoms with Crippen LogP contribution in [0.3, 0.4) is 0 Å². The van der Waals surface area contributed by atoms with Crippen LogP contribution in [0.5, 0.6) is 0 Å². The van der Waals surface area contributed by atoms with Crippen LogP contribution in [0.15, 0.2) is 18.2 Å². The molecule has 2 fully saturated rings. The molecule has 1 saturated heterocycles. The summed E-state index contributed by atoms with van der Waals surface area (Å²) in [4.78, 5) is 45.2. The zero-order valence-corrected chi connectivity index (χ0v) is 14.0. The zero-order chi connectivity index (χ0) is 17.7. The largest absolute Gasteiger partial charge is 0.480 e. The summed E-state index contributed by atoms with van der Waals surface area (Å²) in [5.74, 6) is -2.24. The SMILES string of the molecule is O=C(O)[C@@H](Cc1nc2ccc(Cl)cc2[nH]1)N1C(=O)[C@H]2CCC[C@H]2C1=O. The standard InChI is InChI=1S/C17H16ClN3O4/c18-8-4-5-11-12(6-8)20-14(19-11)7-13(17(24)25)21-15(22)9-2-1-3-10(9)16(21)23/h4-6,9-10,13H,1-3,7H2,(H,19,20)(H,24,25)/t9-,10+,13-/m1/s1. The minimum Gasteiger partial charge on any atom is -0.480 e. The maximum atomic E-state index is 12.5. The van der Waals surface area contributed by atoms with E-state index in [2.05, 4.69) is 9.97 Å². The Labute approximate surface area is 148 Å². The number of nitrogens with zero attached hydrogens (tertiary/aromatic N) is 2. The number of aromatic nitrogens is 2. The summed E-state index contributed by atoms with van der Waals surface area (Å²) < 4.78 is 0. The van der Waals surface area contributed by atoms with Gasteiger partial charge in [-0.1, -0.05) is 18.0 Å². The number of aromatic amines is 1. The zero-order valence-electron chi connectivity index (χ0n) is 13.2. The maximum absolute atomic E-state index is 12.5. The molecule has 0 unspecified atom stereocenters. The molecular formula is C17H16ClN3O4. The van der Waals surface area contributed by atoms with E-state index in [9.17, 15) is 19.5 Å². The van der Waals surface area contributed by atoms with Crippen molar-refractivity contribution < 1.29 is 19.5 Å². The average Bonchev–Trinajstić information content (AvgIpc) is 3.23. The molecule has 2 amide bonds. The number of imidazole rings is 1. The molecule has 7 nitrogen and oxygen atoms in total. The smallest absolute Gasteiger partial charge is 0.327 e. The third-order valence-electron chi connectivity index (χ3n) is 5.10. The molecule has 25 heavy (non-hydrogen) atoms. The van der Waals surface area contributed by atoms with Crippen molar-refractivity contribution >= 4 is 40.4 Å². The lowest BCUT2D eigenvalue weighted by Crippen LogP contribution is -2.47. The van der Waals surface area contributed by atoms with Crippen LogP contribution in [0.2, 0.25) is 5.02 Å². The van der Waals surface area contributed by atoms with Gasteiger partial charge in [0.1, 0.15) is 11.9 Å². The third-order valence-corrected chi connectivity index (χ3v) is 5.34. The molecule has 0 bridgehead atoms. The van der Waals surface area contributed by atoms with Crippen molar-refractivity contribution in [2.24, 2.45) is 11.8 Å². The number of carbonyl (C=O) groups excluding carboxylic acids is 2. The highest BCUT2D eigenvalue weighted by molar-refractivity contribution is 6.31. The van der Waals surface area contributed by atoms with Gasteiger partial charge in [0.15, 0.2) is 0 Å². The molecule has 1 aromatic carbocycles. The number of carboxylic acid groups (broad SMARTS) is 1. The Morgan fingerprint density at radius 2 is 2.00 bits per heavy atom. The molecular weight excluding hydrogens is 346 g/mol. The van der Waals surface area contributed by atoms with Gasteiger partial charge in [0.2, 0.25) is 11.8 Å². The molecule has 1 saturated carbocycles. The first-order valence-electron chi connectivity index (χ1n) is 8.19. The van der Waals surface area contributed by atoms with Gasteiger partial charge < -0.3 is 10.1 Å². The van der Waals surface area contributed by atoms with E-state index in [1.807, 2.05) is 0 Å². The van der Waals surface area contributed by atoms with E-state index in [4.69, 9.17) is 11.6 Å². The normalized spacial score (nSPS) is 24.1. The number of hydrogen-bond acceptors (Lipinski definition) is 4. The topological polar surface area (TPSA) is 103 Å². The lowest BCUT2D eigenvalue weighted by Gasteiger charge is -2.23. The minimum atomic E-state index is -1.25. The molecule has 130 valence electrons. The van der Waals surface area contributed by atoms with E-state index in [1.165, 1.54) is 0 Å². The fourth-order valence-electron chi connectivity index (χ4n) is 3.93. The summed E-state index contributed by atoms with van der Waals surface area (Å²) in [5.41, 5.74) is 1.34. The Hall–Kier alpha value is -2.41. The van der Waals surface area contributed by atoms with Gasteiger partial charge in [-0.25, -0.2) is 9.78 Å². The average molecular weight is 362 g/mol. The first-order valence-corrected chi connectivity index (χ1v) is 8.57. The number of rotatable bonds is 4. The number of halogens is 1.